The van der Waals surface area contributed by atoms with E-state index in [0.717, 1.165) is 43.4 Å². The molecule has 1 fully saturated rings. The van der Waals surface area contributed by atoms with Crippen LogP contribution >= 0.6 is 0 Å². The number of carbonyl (C=O) groups excluding carboxylic acids is 1. The Balaban J connectivity index is 1.42. The van der Waals surface area contributed by atoms with Crippen LogP contribution in [0.4, 0.5) is 11.4 Å². The van der Waals surface area contributed by atoms with E-state index in [2.05, 4.69) is 51.8 Å². The number of benzene rings is 2. The van der Waals surface area contributed by atoms with Crippen molar-refractivity contribution in [1.29, 1.82) is 0 Å². The number of rotatable bonds is 8. The van der Waals surface area contributed by atoms with Crippen LogP contribution in [0.3, 0.4) is 0 Å². The van der Waals surface area contributed by atoms with Crippen molar-refractivity contribution in [2.24, 2.45) is 0 Å². The Hall–Kier alpha value is -3.16. The number of aromatic amines is 1. The van der Waals surface area contributed by atoms with Crippen LogP contribution in [-0.2, 0) is 0 Å². The lowest BCUT2D eigenvalue weighted by Crippen LogP contribution is -2.50. The van der Waals surface area contributed by atoms with Gasteiger partial charge in [-0.05, 0) is 50.1 Å². The van der Waals surface area contributed by atoms with Crippen LogP contribution < -0.4 is 9.80 Å². The smallest absolute Gasteiger partial charge is 0.278 e. The van der Waals surface area contributed by atoms with E-state index in [1.807, 2.05) is 51.1 Å². The predicted molar refractivity (Wildman–Crippen MR) is 146 cm³/mol. The van der Waals surface area contributed by atoms with Gasteiger partial charge in [-0.1, -0.05) is 44.2 Å². The van der Waals surface area contributed by atoms with E-state index < -0.39 is 6.10 Å². The maximum Gasteiger partial charge on any atom is 0.278 e. The third-order valence-corrected chi connectivity index (χ3v) is 7.12. The van der Waals surface area contributed by atoms with Gasteiger partial charge in [0.15, 0.2) is 0 Å². The first-order valence-corrected chi connectivity index (χ1v) is 12.9. The second-order valence-corrected chi connectivity index (χ2v) is 10.2. The summed E-state index contributed by atoms with van der Waals surface area (Å²) in [5.74, 6) is 0.801. The number of piperazine rings is 1. The van der Waals surface area contributed by atoms with Gasteiger partial charge in [0, 0.05) is 55.7 Å². The molecule has 0 saturated carbocycles. The van der Waals surface area contributed by atoms with E-state index in [9.17, 15) is 9.90 Å². The van der Waals surface area contributed by atoms with Crippen LogP contribution in [0.15, 0.2) is 48.5 Å². The molecule has 1 saturated heterocycles. The van der Waals surface area contributed by atoms with Gasteiger partial charge in [0.05, 0.1) is 12.6 Å². The molecule has 1 aliphatic rings. The van der Waals surface area contributed by atoms with Gasteiger partial charge in [-0.15, -0.1) is 0 Å². The Kier molecular flexibility index (Phi) is 8.11. The molecule has 1 aliphatic heterocycles. The highest BCUT2D eigenvalue weighted by atomic mass is 16.3. The molecule has 1 aromatic heterocycles. The Morgan fingerprint density at radius 2 is 1.72 bits per heavy atom. The number of amides is 1. The van der Waals surface area contributed by atoms with Gasteiger partial charge in [-0.2, -0.15) is 0 Å². The predicted octanol–water partition coefficient (Wildman–Crippen LogP) is 4.29. The number of imidazole rings is 1. The molecule has 7 heteroatoms. The average molecular weight is 490 g/mol. The minimum atomic E-state index is -0.676. The molecule has 1 atom stereocenters. The summed E-state index contributed by atoms with van der Waals surface area (Å²) in [6.07, 6.45) is -0.676. The summed E-state index contributed by atoms with van der Waals surface area (Å²) in [6.45, 7) is 14.6. The Morgan fingerprint density at radius 1 is 1.03 bits per heavy atom. The summed E-state index contributed by atoms with van der Waals surface area (Å²) in [6, 6.07) is 16.0. The van der Waals surface area contributed by atoms with Crippen LogP contribution in [0.2, 0.25) is 0 Å². The number of aryl methyl sites for hydroxylation is 2. The lowest BCUT2D eigenvalue weighted by Gasteiger charge is -2.38. The maximum atomic E-state index is 13.6. The highest BCUT2D eigenvalue weighted by Gasteiger charge is 2.27. The van der Waals surface area contributed by atoms with Crippen molar-refractivity contribution in [3.05, 3.63) is 76.9 Å². The largest absolute Gasteiger partial charge is 0.390 e. The number of aliphatic hydroxyl groups is 1. The number of H-pyrrole nitrogens is 1. The Labute approximate surface area is 214 Å². The van der Waals surface area contributed by atoms with Crippen molar-refractivity contribution >= 4 is 17.3 Å². The molecule has 0 aliphatic carbocycles. The fraction of sp³-hybridized carbons (Fsp3) is 0.448. The van der Waals surface area contributed by atoms with Crippen LogP contribution in [0.1, 0.15) is 52.9 Å². The monoisotopic (exact) mass is 489 g/mol. The fourth-order valence-electron chi connectivity index (χ4n) is 4.82. The molecule has 2 aromatic carbocycles. The molecule has 7 nitrogen and oxygen atoms in total. The summed E-state index contributed by atoms with van der Waals surface area (Å²) in [7, 11) is 0. The zero-order valence-electron chi connectivity index (χ0n) is 22.2. The van der Waals surface area contributed by atoms with Crippen molar-refractivity contribution in [3.63, 3.8) is 0 Å². The zero-order chi connectivity index (χ0) is 25.8. The number of carbonyl (C=O) groups is 1. The molecule has 36 heavy (non-hydrogen) atoms. The summed E-state index contributed by atoms with van der Waals surface area (Å²) >= 11 is 0. The van der Waals surface area contributed by atoms with Crippen LogP contribution in [-0.4, -0.2) is 71.3 Å². The number of aromatic nitrogens is 2. The van der Waals surface area contributed by atoms with Gasteiger partial charge in [0.2, 0.25) is 0 Å². The number of anilines is 2. The maximum absolute atomic E-state index is 13.6. The van der Waals surface area contributed by atoms with Gasteiger partial charge in [0.25, 0.3) is 5.91 Å². The minimum absolute atomic E-state index is 0.194. The molecule has 2 N–H and O–H groups in total. The van der Waals surface area contributed by atoms with E-state index >= 15 is 0 Å². The van der Waals surface area contributed by atoms with E-state index in [0.29, 0.717) is 12.2 Å². The molecule has 4 rings (SSSR count). The van der Waals surface area contributed by atoms with Crippen LogP contribution in [0, 0.1) is 20.8 Å². The number of nitrogens with one attached hydrogen (secondary N) is 1. The number of aliphatic hydroxyl groups excluding tert-OH is 1. The highest BCUT2D eigenvalue weighted by Crippen LogP contribution is 2.24. The number of β-amino-alcohol motifs (C(OH)–C–C–N with tert-alkyl or cyclic N) is 1. The van der Waals surface area contributed by atoms with E-state index in [1.54, 1.807) is 4.90 Å². The third-order valence-electron chi connectivity index (χ3n) is 7.12. The Bertz CT molecular complexity index is 1170. The third kappa shape index (κ3) is 5.79. The second kappa shape index (κ2) is 11.3. The van der Waals surface area contributed by atoms with Crippen LogP contribution in [0.25, 0.3) is 0 Å². The molecule has 0 bridgehead atoms. The van der Waals surface area contributed by atoms with Crippen molar-refractivity contribution in [2.45, 2.75) is 46.6 Å². The average Bonchev–Trinajstić information content (AvgIpc) is 3.27. The number of para-hydroxylation sites is 1. The van der Waals surface area contributed by atoms with Crippen LogP contribution in [0.5, 0.6) is 0 Å². The SMILES string of the molecule is Cc1cccc(N2CCN(CC(O)CN(C(=O)c3nc(C(C)C)[nH]c3C)c3ccccc3)CC2)c1C. The molecule has 0 radical (unpaired) electrons. The molecule has 2 heterocycles. The highest BCUT2D eigenvalue weighted by molar-refractivity contribution is 6.05. The van der Waals surface area contributed by atoms with Gasteiger partial charge >= 0.3 is 0 Å². The first-order chi connectivity index (χ1) is 17.2. The first kappa shape index (κ1) is 25.9. The molecule has 0 spiro atoms. The van der Waals surface area contributed by atoms with Gasteiger partial charge in [-0.3, -0.25) is 9.69 Å². The lowest BCUT2D eigenvalue weighted by atomic mass is 10.1. The number of nitrogens with zero attached hydrogens (tertiary/aromatic N) is 4. The quantitative estimate of drug-likeness (QED) is 0.494. The molecule has 192 valence electrons. The van der Waals surface area contributed by atoms with E-state index in [1.165, 1.54) is 16.8 Å². The fourth-order valence-corrected chi connectivity index (χ4v) is 4.82. The molecule has 3 aromatic rings. The van der Waals surface area contributed by atoms with Crippen molar-refractivity contribution < 1.29 is 9.90 Å². The lowest BCUT2D eigenvalue weighted by molar-refractivity contribution is 0.0908. The van der Waals surface area contributed by atoms with Crippen molar-refractivity contribution in [3.8, 4) is 0 Å². The molecule has 1 unspecified atom stereocenters. The molecular formula is C29H39N5O2. The van der Waals surface area contributed by atoms with Gasteiger partial charge in [-0.25, -0.2) is 4.98 Å². The van der Waals surface area contributed by atoms with E-state index in [4.69, 9.17) is 0 Å². The topological polar surface area (TPSA) is 75.7 Å². The van der Waals surface area contributed by atoms with Crippen molar-refractivity contribution in [2.75, 3.05) is 49.1 Å². The number of hydrogen-bond acceptors (Lipinski definition) is 5. The van der Waals surface area contributed by atoms with E-state index in [-0.39, 0.29) is 18.4 Å². The minimum Gasteiger partial charge on any atom is -0.390 e. The first-order valence-electron chi connectivity index (χ1n) is 12.9. The zero-order valence-corrected chi connectivity index (χ0v) is 22.2. The Morgan fingerprint density at radius 3 is 2.36 bits per heavy atom. The summed E-state index contributed by atoms with van der Waals surface area (Å²) < 4.78 is 0. The summed E-state index contributed by atoms with van der Waals surface area (Å²) in [5.41, 5.74) is 5.86. The normalized spacial score (nSPS) is 15.4. The summed E-state index contributed by atoms with van der Waals surface area (Å²) in [5, 5.41) is 11.1. The molecule has 1 amide bonds. The number of hydrogen-bond donors (Lipinski definition) is 2. The van der Waals surface area contributed by atoms with Gasteiger partial charge in [0.1, 0.15) is 11.5 Å². The summed E-state index contributed by atoms with van der Waals surface area (Å²) in [4.78, 5) is 27.8. The van der Waals surface area contributed by atoms with Gasteiger partial charge < -0.3 is 19.9 Å². The second-order valence-electron chi connectivity index (χ2n) is 10.2. The van der Waals surface area contributed by atoms with Crippen molar-refractivity contribution in [1.82, 2.24) is 14.9 Å². The molecular weight excluding hydrogens is 450 g/mol. The standard InChI is InChI=1S/C29H39N5O2/c1-20(2)28-30-23(5)27(31-28)29(36)34(24-11-7-6-8-12-24)19-25(35)18-32-14-16-33(17-15-32)26-13-9-10-21(3)22(26)4/h6-13,20,25,35H,14-19H2,1-5H3,(H,30,31).